The summed E-state index contributed by atoms with van der Waals surface area (Å²) in [5.74, 6) is 0.883. The van der Waals surface area contributed by atoms with Crippen molar-refractivity contribution in [2.75, 3.05) is 5.32 Å². The SMILES string of the molecule is CCn1ccnc1Nc1cccc2ccccc12. The molecule has 0 amide bonds. The summed E-state index contributed by atoms with van der Waals surface area (Å²) in [5.41, 5.74) is 1.09. The van der Waals surface area contributed by atoms with E-state index in [9.17, 15) is 0 Å². The highest BCUT2D eigenvalue weighted by atomic mass is 15.2. The summed E-state index contributed by atoms with van der Waals surface area (Å²) in [4.78, 5) is 4.34. The zero-order chi connectivity index (χ0) is 12.4. The topological polar surface area (TPSA) is 29.9 Å². The molecule has 3 heteroatoms. The standard InChI is InChI=1S/C15H15N3/c1-2-18-11-10-16-15(18)17-14-9-5-7-12-6-3-4-8-13(12)14/h3-11H,2H2,1H3,(H,16,17). The highest BCUT2D eigenvalue weighted by molar-refractivity contribution is 5.94. The van der Waals surface area contributed by atoms with Crippen LogP contribution in [0.1, 0.15) is 6.92 Å². The Morgan fingerprint density at radius 2 is 1.94 bits per heavy atom. The molecule has 0 bridgehead atoms. The van der Waals surface area contributed by atoms with Gasteiger partial charge in [0.1, 0.15) is 0 Å². The van der Waals surface area contributed by atoms with E-state index < -0.39 is 0 Å². The molecule has 0 aliphatic rings. The van der Waals surface area contributed by atoms with Gasteiger partial charge in [-0.2, -0.15) is 0 Å². The van der Waals surface area contributed by atoms with Gasteiger partial charge in [0.25, 0.3) is 0 Å². The first-order valence-corrected chi connectivity index (χ1v) is 6.14. The van der Waals surface area contributed by atoms with Gasteiger partial charge in [0, 0.05) is 30.0 Å². The minimum atomic E-state index is 0.883. The first-order chi connectivity index (χ1) is 8.88. The molecule has 0 atom stereocenters. The minimum Gasteiger partial charge on any atom is -0.325 e. The first-order valence-electron chi connectivity index (χ1n) is 6.14. The number of aryl methyl sites for hydroxylation is 1. The fourth-order valence-electron chi connectivity index (χ4n) is 2.14. The fraction of sp³-hybridized carbons (Fsp3) is 0.133. The molecule has 0 radical (unpaired) electrons. The summed E-state index contributed by atoms with van der Waals surface area (Å²) >= 11 is 0. The summed E-state index contributed by atoms with van der Waals surface area (Å²) in [7, 11) is 0. The van der Waals surface area contributed by atoms with Crippen molar-refractivity contribution in [2.24, 2.45) is 0 Å². The molecule has 1 heterocycles. The number of hydrogen-bond acceptors (Lipinski definition) is 2. The van der Waals surface area contributed by atoms with Gasteiger partial charge in [0.2, 0.25) is 5.95 Å². The van der Waals surface area contributed by atoms with Gasteiger partial charge in [-0.25, -0.2) is 4.98 Å². The normalized spacial score (nSPS) is 10.7. The van der Waals surface area contributed by atoms with Gasteiger partial charge in [-0.3, -0.25) is 0 Å². The Labute approximate surface area is 106 Å². The molecule has 0 spiro atoms. The van der Waals surface area contributed by atoms with Crippen LogP contribution in [-0.4, -0.2) is 9.55 Å². The molecule has 0 saturated heterocycles. The maximum Gasteiger partial charge on any atom is 0.207 e. The van der Waals surface area contributed by atoms with E-state index in [0.29, 0.717) is 0 Å². The lowest BCUT2D eigenvalue weighted by Crippen LogP contribution is -2.01. The van der Waals surface area contributed by atoms with Crippen molar-refractivity contribution >= 4 is 22.4 Å². The van der Waals surface area contributed by atoms with E-state index in [-0.39, 0.29) is 0 Å². The number of nitrogens with zero attached hydrogens (tertiary/aromatic N) is 2. The summed E-state index contributed by atoms with van der Waals surface area (Å²) in [6.07, 6.45) is 3.80. The molecular weight excluding hydrogens is 222 g/mol. The number of benzene rings is 2. The smallest absolute Gasteiger partial charge is 0.207 e. The molecule has 0 aliphatic heterocycles. The summed E-state index contributed by atoms with van der Waals surface area (Å²) in [6.45, 7) is 3.02. The molecule has 18 heavy (non-hydrogen) atoms. The second-order valence-corrected chi connectivity index (χ2v) is 4.19. The van der Waals surface area contributed by atoms with Gasteiger partial charge in [-0.15, -0.1) is 0 Å². The second-order valence-electron chi connectivity index (χ2n) is 4.19. The van der Waals surface area contributed by atoms with Gasteiger partial charge in [-0.1, -0.05) is 36.4 Å². The van der Waals surface area contributed by atoms with E-state index in [1.807, 2.05) is 12.4 Å². The number of imidazole rings is 1. The van der Waals surface area contributed by atoms with Crippen LogP contribution in [0, 0.1) is 0 Å². The number of fused-ring (bicyclic) bond motifs is 1. The molecule has 3 nitrogen and oxygen atoms in total. The summed E-state index contributed by atoms with van der Waals surface area (Å²) in [5, 5.41) is 5.85. The van der Waals surface area contributed by atoms with Crippen molar-refractivity contribution in [3.05, 3.63) is 54.9 Å². The molecule has 1 N–H and O–H groups in total. The van der Waals surface area contributed by atoms with Crippen LogP contribution in [0.2, 0.25) is 0 Å². The monoisotopic (exact) mass is 237 g/mol. The van der Waals surface area contributed by atoms with Crippen molar-refractivity contribution in [3.63, 3.8) is 0 Å². The van der Waals surface area contributed by atoms with Crippen LogP contribution in [0.3, 0.4) is 0 Å². The van der Waals surface area contributed by atoms with Crippen LogP contribution in [0.4, 0.5) is 11.6 Å². The van der Waals surface area contributed by atoms with E-state index in [0.717, 1.165) is 18.2 Å². The summed E-state index contributed by atoms with van der Waals surface area (Å²) < 4.78 is 2.09. The Morgan fingerprint density at radius 1 is 1.11 bits per heavy atom. The molecule has 0 saturated carbocycles. The van der Waals surface area contributed by atoms with Crippen molar-refractivity contribution in [2.45, 2.75) is 13.5 Å². The van der Waals surface area contributed by atoms with E-state index in [2.05, 4.69) is 64.3 Å². The third-order valence-electron chi connectivity index (χ3n) is 3.09. The largest absolute Gasteiger partial charge is 0.325 e. The van der Waals surface area contributed by atoms with E-state index in [4.69, 9.17) is 0 Å². The zero-order valence-electron chi connectivity index (χ0n) is 10.3. The first kappa shape index (κ1) is 10.8. The average molecular weight is 237 g/mol. The van der Waals surface area contributed by atoms with E-state index >= 15 is 0 Å². The molecule has 90 valence electrons. The number of rotatable bonds is 3. The highest BCUT2D eigenvalue weighted by Crippen LogP contribution is 2.25. The van der Waals surface area contributed by atoms with Crippen LogP contribution in [0.15, 0.2) is 54.9 Å². The zero-order valence-corrected chi connectivity index (χ0v) is 10.3. The van der Waals surface area contributed by atoms with Crippen LogP contribution in [0.25, 0.3) is 10.8 Å². The lowest BCUT2D eigenvalue weighted by molar-refractivity contribution is 0.772. The molecule has 2 aromatic carbocycles. The van der Waals surface area contributed by atoms with Gasteiger partial charge in [0.05, 0.1) is 0 Å². The van der Waals surface area contributed by atoms with Crippen LogP contribution >= 0.6 is 0 Å². The maximum atomic E-state index is 4.34. The Balaban J connectivity index is 2.05. The van der Waals surface area contributed by atoms with Crippen LogP contribution in [0.5, 0.6) is 0 Å². The lowest BCUT2D eigenvalue weighted by Gasteiger charge is -2.10. The third-order valence-corrected chi connectivity index (χ3v) is 3.09. The average Bonchev–Trinajstić information content (AvgIpc) is 2.86. The fourth-order valence-corrected chi connectivity index (χ4v) is 2.14. The molecule has 3 aromatic rings. The Kier molecular flexibility index (Phi) is 2.73. The number of aromatic nitrogens is 2. The Morgan fingerprint density at radius 3 is 2.83 bits per heavy atom. The molecular formula is C15H15N3. The number of anilines is 2. The maximum absolute atomic E-state index is 4.34. The molecule has 0 unspecified atom stereocenters. The molecule has 0 fully saturated rings. The molecule has 0 aliphatic carbocycles. The second kappa shape index (κ2) is 4.53. The number of nitrogens with one attached hydrogen (secondary N) is 1. The van der Waals surface area contributed by atoms with Crippen LogP contribution < -0.4 is 5.32 Å². The molecule has 3 rings (SSSR count). The van der Waals surface area contributed by atoms with Gasteiger partial charge in [-0.05, 0) is 18.4 Å². The van der Waals surface area contributed by atoms with Gasteiger partial charge < -0.3 is 9.88 Å². The Bertz CT molecular complexity index is 665. The minimum absolute atomic E-state index is 0.883. The quantitative estimate of drug-likeness (QED) is 0.751. The van der Waals surface area contributed by atoms with Crippen molar-refractivity contribution in [1.29, 1.82) is 0 Å². The predicted octanol–water partition coefficient (Wildman–Crippen LogP) is 3.80. The van der Waals surface area contributed by atoms with Crippen LogP contribution in [-0.2, 0) is 6.54 Å². The summed E-state index contributed by atoms with van der Waals surface area (Å²) in [6, 6.07) is 14.6. The van der Waals surface area contributed by atoms with E-state index in [1.54, 1.807) is 0 Å². The third kappa shape index (κ3) is 1.84. The van der Waals surface area contributed by atoms with Crippen molar-refractivity contribution in [3.8, 4) is 0 Å². The lowest BCUT2D eigenvalue weighted by atomic mass is 10.1. The highest BCUT2D eigenvalue weighted by Gasteiger charge is 2.04. The Hall–Kier alpha value is -2.29. The molecule has 1 aromatic heterocycles. The van der Waals surface area contributed by atoms with Gasteiger partial charge >= 0.3 is 0 Å². The van der Waals surface area contributed by atoms with Crippen molar-refractivity contribution < 1.29 is 0 Å². The van der Waals surface area contributed by atoms with Crippen molar-refractivity contribution in [1.82, 2.24) is 9.55 Å². The van der Waals surface area contributed by atoms with E-state index in [1.165, 1.54) is 10.8 Å². The predicted molar refractivity (Wildman–Crippen MR) is 75.1 cm³/mol. The number of hydrogen-bond donors (Lipinski definition) is 1. The van der Waals surface area contributed by atoms with Gasteiger partial charge in [0.15, 0.2) is 0 Å².